The molecule has 1 aromatic carbocycles. The minimum Gasteiger partial charge on any atom is -0.354 e. The lowest BCUT2D eigenvalue weighted by atomic mass is 9.98. The Morgan fingerprint density at radius 1 is 1.22 bits per heavy atom. The molecule has 9 heteroatoms. The molecule has 0 N–H and O–H groups in total. The Hall–Kier alpha value is -2.96. The second kappa shape index (κ2) is 9.10. The van der Waals surface area contributed by atoms with Crippen LogP contribution in [0.15, 0.2) is 23.8 Å². The van der Waals surface area contributed by atoms with Crippen molar-refractivity contribution in [3.05, 3.63) is 56.7 Å². The SMILES string of the molecule is CCc1nc(N2CC3CCN(Cc4ccc5c(c4C)C=C(C#N)C5)C3C2)c2cc(CC(F)(F)F)sc2n1. The molecule has 5 nitrogen and oxygen atoms in total. The Bertz CT molecular complexity index is 1450. The maximum atomic E-state index is 13.1. The Morgan fingerprint density at radius 3 is 2.81 bits per heavy atom. The van der Waals surface area contributed by atoms with Gasteiger partial charge in [-0.15, -0.1) is 11.3 Å². The van der Waals surface area contributed by atoms with Crippen LogP contribution in [0.1, 0.15) is 46.3 Å². The number of nitriles is 1. The first-order chi connectivity index (χ1) is 17.7. The number of thiophene rings is 1. The molecule has 3 aromatic rings. The lowest BCUT2D eigenvalue weighted by Crippen LogP contribution is -2.35. The summed E-state index contributed by atoms with van der Waals surface area (Å²) in [6.07, 6.45) is -0.689. The van der Waals surface area contributed by atoms with Gasteiger partial charge in [0.1, 0.15) is 16.5 Å². The summed E-state index contributed by atoms with van der Waals surface area (Å²) in [5, 5.41) is 10.0. The van der Waals surface area contributed by atoms with E-state index in [4.69, 9.17) is 4.98 Å². The highest BCUT2D eigenvalue weighted by Crippen LogP contribution is 2.40. The van der Waals surface area contributed by atoms with Gasteiger partial charge in [0.15, 0.2) is 0 Å². The second-order valence-electron chi connectivity index (χ2n) is 10.4. The lowest BCUT2D eigenvalue weighted by molar-refractivity contribution is -0.126. The average Bonchev–Trinajstić information content (AvgIpc) is 3.62. The number of aromatic nitrogens is 2. The summed E-state index contributed by atoms with van der Waals surface area (Å²) < 4.78 is 39.2. The van der Waals surface area contributed by atoms with Crippen LogP contribution in [0.3, 0.4) is 0 Å². The van der Waals surface area contributed by atoms with E-state index in [-0.39, 0.29) is 4.88 Å². The summed E-state index contributed by atoms with van der Waals surface area (Å²) in [6, 6.07) is 8.68. The highest BCUT2D eigenvalue weighted by atomic mass is 32.1. The Morgan fingerprint density at radius 2 is 2.05 bits per heavy atom. The van der Waals surface area contributed by atoms with Crippen LogP contribution in [-0.4, -0.2) is 46.7 Å². The van der Waals surface area contributed by atoms with Gasteiger partial charge in [0.2, 0.25) is 0 Å². The summed E-state index contributed by atoms with van der Waals surface area (Å²) in [5.74, 6) is 1.96. The van der Waals surface area contributed by atoms with Crippen molar-refractivity contribution >= 4 is 33.4 Å². The number of likely N-dealkylation sites (tertiary alicyclic amines) is 1. The molecule has 6 rings (SSSR count). The number of aryl methyl sites for hydroxylation is 1. The van der Waals surface area contributed by atoms with E-state index < -0.39 is 12.6 Å². The van der Waals surface area contributed by atoms with E-state index in [1.54, 1.807) is 6.07 Å². The summed E-state index contributed by atoms with van der Waals surface area (Å²) in [7, 11) is 0. The van der Waals surface area contributed by atoms with E-state index in [1.807, 2.05) is 13.0 Å². The van der Waals surface area contributed by atoms with Crippen molar-refractivity contribution in [1.82, 2.24) is 14.9 Å². The number of hydrogen-bond acceptors (Lipinski definition) is 6. The summed E-state index contributed by atoms with van der Waals surface area (Å²) in [5.41, 5.74) is 5.78. The minimum atomic E-state index is -4.24. The van der Waals surface area contributed by atoms with Crippen molar-refractivity contribution < 1.29 is 13.2 Å². The first-order valence-electron chi connectivity index (χ1n) is 12.8. The molecule has 1 aliphatic carbocycles. The van der Waals surface area contributed by atoms with Crippen LogP contribution in [-0.2, 0) is 25.8 Å². The third kappa shape index (κ3) is 4.51. The predicted molar refractivity (Wildman–Crippen MR) is 140 cm³/mol. The normalized spacial score (nSPS) is 21.4. The molecule has 2 aliphatic heterocycles. The van der Waals surface area contributed by atoms with Gasteiger partial charge in [0, 0.05) is 49.0 Å². The van der Waals surface area contributed by atoms with Gasteiger partial charge < -0.3 is 4.90 Å². The number of benzene rings is 1. The summed E-state index contributed by atoms with van der Waals surface area (Å²) >= 11 is 1.13. The summed E-state index contributed by atoms with van der Waals surface area (Å²) in [4.78, 5) is 15.1. The quantitative estimate of drug-likeness (QED) is 0.421. The Labute approximate surface area is 218 Å². The van der Waals surface area contributed by atoms with Gasteiger partial charge in [-0.05, 0) is 60.2 Å². The van der Waals surface area contributed by atoms with E-state index in [2.05, 4.69) is 39.9 Å². The monoisotopic (exact) mass is 523 g/mol. The van der Waals surface area contributed by atoms with Gasteiger partial charge in [-0.1, -0.05) is 19.1 Å². The van der Waals surface area contributed by atoms with Crippen LogP contribution in [0.2, 0.25) is 0 Å². The van der Waals surface area contributed by atoms with Crippen molar-refractivity contribution in [2.24, 2.45) is 5.92 Å². The van der Waals surface area contributed by atoms with Crippen LogP contribution < -0.4 is 4.90 Å². The molecule has 2 fully saturated rings. The fourth-order valence-corrected chi connectivity index (χ4v) is 7.25. The molecular weight excluding hydrogens is 495 g/mol. The van der Waals surface area contributed by atoms with E-state index in [9.17, 15) is 18.4 Å². The van der Waals surface area contributed by atoms with Crippen molar-refractivity contribution in [3.8, 4) is 6.07 Å². The number of allylic oxidation sites excluding steroid dienone is 1. The van der Waals surface area contributed by atoms with Gasteiger partial charge >= 0.3 is 6.18 Å². The van der Waals surface area contributed by atoms with E-state index in [0.717, 1.165) is 67.1 Å². The maximum absolute atomic E-state index is 13.1. The third-order valence-electron chi connectivity index (χ3n) is 8.06. The lowest BCUT2D eigenvalue weighted by Gasteiger charge is -2.26. The number of hydrogen-bond donors (Lipinski definition) is 0. The van der Waals surface area contributed by atoms with E-state index >= 15 is 0 Å². The first kappa shape index (κ1) is 24.4. The highest BCUT2D eigenvalue weighted by molar-refractivity contribution is 7.18. The number of halogens is 3. The zero-order valence-electron chi connectivity index (χ0n) is 20.9. The molecule has 3 aliphatic rings. The van der Waals surface area contributed by atoms with Crippen LogP contribution in [0, 0.1) is 24.2 Å². The zero-order chi connectivity index (χ0) is 25.9. The van der Waals surface area contributed by atoms with Crippen molar-refractivity contribution in [2.45, 2.75) is 58.3 Å². The van der Waals surface area contributed by atoms with Gasteiger partial charge in [-0.3, -0.25) is 4.90 Å². The fraction of sp³-hybridized carbons (Fsp3) is 0.464. The number of rotatable bonds is 5. The zero-order valence-corrected chi connectivity index (χ0v) is 21.7. The van der Waals surface area contributed by atoms with Crippen molar-refractivity contribution in [1.29, 1.82) is 5.26 Å². The largest absolute Gasteiger partial charge is 0.393 e. The molecule has 0 amide bonds. The maximum Gasteiger partial charge on any atom is 0.393 e. The number of nitrogens with zero attached hydrogens (tertiary/aromatic N) is 5. The average molecular weight is 524 g/mol. The van der Waals surface area contributed by atoms with Crippen molar-refractivity contribution in [3.63, 3.8) is 0 Å². The molecule has 0 radical (unpaired) electrons. The molecule has 4 heterocycles. The molecule has 2 atom stereocenters. The molecule has 0 spiro atoms. The third-order valence-corrected chi connectivity index (χ3v) is 9.09. The van der Waals surface area contributed by atoms with Gasteiger partial charge in [0.25, 0.3) is 0 Å². The second-order valence-corrected chi connectivity index (χ2v) is 11.5. The van der Waals surface area contributed by atoms with Crippen molar-refractivity contribution in [2.75, 3.05) is 24.5 Å². The van der Waals surface area contributed by atoms with Crippen LogP contribution >= 0.6 is 11.3 Å². The van der Waals surface area contributed by atoms with Gasteiger partial charge in [-0.25, -0.2) is 9.97 Å². The number of fused-ring (bicyclic) bond motifs is 3. The van der Waals surface area contributed by atoms with Crippen LogP contribution in [0.25, 0.3) is 16.3 Å². The molecule has 0 bridgehead atoms. The van der Waals surface area contributed by atoms with E-state index in [0.29, 0.717) is 29.0 Å². The van der Waals surface area contributed by atoms with Gasteiger partial charge in [0.05, 0.1) is 17.9 Å². The number of anilines is 1. The van der Waals surface area contributed by atoms with Crippen LogP contribution in [0.4, 0.5) is 19.0 Å². The highest BCUT2D eigenvalue weighted by Gasteiger charge is 2.42. The first-order valence-corrected chi connectivity index (χ1v) is 13.6. The Kier molecular flexibility index (Phi) is 6.00. The molecule has 2 saturated heterocycles. The van der Waals surface area contributed by atoms with E-state index in [1.165, 1.54) is 22.3 Å². The summed E-state index contributed by atoms with van der Waals surface area (Å²) in [6.45, 7) is 7.69. The predicted octanol–water partition coefficient (Wildman–Crippen LogP) is 5.84. The smallest absolute Gasteiger partial charge is 0.354 e. The molecule has 2 unspecified atom stereocenters. The molecule has 0 saturated carbocycles. The topological polar surface area (TPSA) is 56.1 Å². The standard InChI is InChI=1S/C28H28F3N5S/c1-3-25-33-26(23-10-21(11-28(29,30)31)37-27(23)34-25)36-14-20-6-7-35(24(20)15-36)13-19-5-4-18-8-17(12-32)9-22(18)16(19)2/h4-5,9-10,20,24H,3,6-8,11,13-15H2,1-2H3. The molecule has 2 aromatic heterocycles. The fourth-order valence-electron chi connectivity index (χ4n) is 6.18. The number of alkyl halides is 3. The molecular formula is C28H28F3N5S. The molecule has 37 heavy (non-hydrogen) atoms. The minimum absolute atomic E-state index is 0.285. The molecule has 192 valence electrons. The van der Waals surface area contributed by atoms with Crippen LogP contribution in [0.5, 0.6) is 0 Å². The Balaban J connectivity index is 1.25. The van der Waals surface area contributed by atoms with Gasteiger partial charge in [-0.2, -0.15) is 18.4 Å².